The maximum Gasteiger partial charge on any atom is 0.407 e. The van der Waals surface area contributed by atoms with E-state index in [0.717, 1.165) is 18.2 Å². The molecule has 0 aliphatic rings. The molecule has 118 valence electrons. The lowest BCUT2D eigenvalue weighted by molar-refractivity contribution is -0.387. The minimum Gasteiger partial charge on any atom is -0.481 e. The van der Waals surface area contributed by atoms with Crippen LogP contribution in [0.4, 0.5) is 14.9 Å². The van der Waals surface area contributed by atoms with E-state index in [0.29, 0.717) is 0 Å². The molecular weight excluding hydrogens is 299 g/mol. The number of nitro groups is 1. The van der Waals surface area contributed by atoms with Crippen LogP contribution in [0.2, 0.25) is 0 Å². The fourth-order valence-electron chi connectivity index (χ4n) is 1.63. The molecule has 0 aromatic heterocycles. The lowest BCUT2D eigenvalue weighted by Crippen LogP contribution is -2.30. The van der Waals surface area contributed by atoms with E-state index in [1.54, 1.807) is 0 Å². The molecule has 1 aromatic rings. The Balaban J connectivity index is 3.03. The molecule has 0 heterocycles. The third kappa shape index (κ3) is 4.85. The highest BCUT2D eigenvalue weighted by molar-refractivity contribution is 5.72. The van der Waals surface area contributed by atoms with Crippen LogP contribution < -0.4 is 5.32 Å². The van der Waals surface area contributed by atoms with E-state index in [4.69, 9.17) is 5.11 Å². The van der Waals surface area contributed by atoms with Gasteiger partial charge in [0.2, 0.25) is 5.82 Å². The molecule has 1 rings (SSSR count). The molecule has 22 heavy (non-hydrogen) atoms. The van der Waals surface area contributed by atoms with Crippen LogP contribution in [-0.4, -0.2) is 28.7 Å². The number of hydrogen-bond acceptors (Lipinski definition) is 5. The van der Waals surface area contributed by atoms with Gasteiger partial charge in [0.1, 0.15) is 6.61 Å². The van der Waals surface area contributed by atoms with E-state index >= 15 is 0 Å². The topological polar surface area (TPSA) is 119 Å². The first-order valence-electron chi connectivity index (χ1n) is 6.05. The van der Waals surface area contributed by atoms with Gasteiger partial charge in [0, 0.05) is 6.07 Å². The lowest BCUT2D eigenvalue weighted by atomic mass is 10.0. The number of carboxylic acids is 1. The first-order valence-corrected chi connectivity index (χ1v) is 6.05. The number of aliphatic carboxylic acids is 1. The third-order valence-corrected chi connectivity index (χ3v) is 2.57. The number of amides is 1. The molecule has 9 heteroatoms. The first-order chi connectivity index (χ1) is 10.3. The number of hydrogen-bond donors (Lipinski definition) is 2. The number of alkyl carbamates (subject to hydrolysis) is 1. The number of rotatable bonds is 7. The Morgan fingerprint density at radius 3 is 2.77 bits per heavy atom. The van der Waals surface area contributed by atoms with Gasteiger partial charge >= 0.3 is 17.7 Å². The SMILES string of the molecule is C=CCOC(=O)NC(CC(=O)O)c1ccc(F)c([N+](=O)[O-])c1. The number of nitro benzene ring substituents is 1. The maximum atomic E-state index is 13.3. The van der Waals surface area contributed by atoms with Crippen molar-refractivity contribution in [2.24, 2.45) is 0 Å². The summed E-state index contributed by atoms with van der Waals surface area (Å²) in [6.07, 6.45) is -0.154. The molecule has 0 saturated carbocycles. The van der Waals surface area contributed by atoms with E-state index in [1.165, 1.54) is 6.08 Å². The van der Waals surface area contributed by atoms with E-state index in [-0.39, 0.29) is 12.2 Å². The number of carbonyl (C=O) groups excluding carboxylic acids is 1. The smallest absolute Gasteiger partial charge is 0.407 e. The fraction of sp³-hybridized carbons (Fsp3) is 0.231. The number of ether oxygens (including phenoxy) is 1. The second-order valence-electron chi connectivity index (χ2n) is 4.15. The molecule has 0 aliphatic carbocycles. The highest BCUT2D eigenvalue weighted by Crippen LogP contribution is 2.24. The van der Waals surface area contributed by atoms with Crippen molar-refractivity contribution >= 4 is 17.7 Å². The summed E-state index contributed by atoms with van der Waals surface area (Å²) in [5.74, 6) is -2.31. The van der Waals surface area contributed by atoms with Crippen LogP contribution in [0, 0.1) is 15.9 Å². The summed E-state index contributed by atoms with van der Waals surface area (Å²) in [5, 5.41) is 21.8. The molecular formula is C13H13FN2O6. The minimum atomic E-state index is -1.25. The summed E-state index contributed by atoms with van der Waals surface area (Å²) in [6.45, 7) is 3.26. The Kier molecular flexibility index (Phi) is 5.99. The van der Waals surface area contributed by atoms with Crippen LogP contribution in [-0.2, 0) is 9.53 Å². The molecule has 0 aliphatic heterocycles. The molecule has 0 fully saturated rings. The van der Waals surface area contributed by atoms with Crippen molar-refractivity contribution in [1.29, 1.82) is 0 Å². The van der Waals surface area contributed by atoms with Crippen LogP contribution in [0.3, 0.4) is 0 Å². The van der Waals surface area contributed by atoms with Crippen molar-refractivity contribution in [2.45, 2.75) is 12.5 Å². The number of benzene rings is 1. The third-order valence-electron chi connectivity index (χ3n) is 2.57. The van der Waals surface area contributed by atoms with Crippen molar-refractivity contribution in [3.63, 3.8) is 0 Å². The molecule has 1 aromatic carbocycles. The summed E-state index contributed by atoms with van der Waals surface area (Å²) in [4.78, 5) is 32.1. The average molecular weight is 312 g/mol. The van der Waals surface area contributed by atoms with Gasteiger partial charge in [0.05, 0.1) is 17.4 Å². The molecule has 2 N–H and O–H groups in total. The zero-order chi connectivity index (χ0) is 16.7. The summed E-state index contributed by atoms with van der Waals surface area (Å²) in [5.41, 5.74) is -0.736. The quantitative estimate of drug-likeness (QED) is 0.452. The first kappa shape index (κ1) is 17.1. The van der Waals surface area contributed by atoms with Crippen molar-refractivity contribution in [3.05, 3.63) is 52.3 Å². The largest absolute Gasteiger partial charge is 0.481 e. The van der Waals surface area contributed by atoms with Gasteiger partial charge in [-0.25, -0.2) is 4.79 Å². The Morgan fingerprint density at radius 2 is 2.23 bits per heavy atom. The van der Waals surface area contributed by atoms with Gasteiger partial charge in [-0.05, 0) is 11.6 Å². The van der Waals surface area contributed by atoms with Gasteiger partial charge < -0.3 is 15.2 Å². The van der Waals surface area contributed by atoms with Gasteiger partial charge in [-0.2, -0.15) is 4.39 Å². The number of nitrogens with zero attached hydrogens (tertiary/aromatic N) is 1. The predicted molar refractivity (Wildman–Crippen MR) is 72.7 cm³/mol. The van der Waals surface area contributed by atoms with E-state index in [1.807, 2.05) is 0 Å². The fourth-order valence-corrected chi connectivity index (χ4v) is 1.63. The molecule has 0 radical (unpaired) electrons. The van der Waals surface area contributed by atoms with E-state index in [2.05, 4.69) is 16.6 Å². The van der Waals surface area contributed by atoms with Gasteiger partial charge in [-0.1, -0.05) is 18.7 Å². The summed E-state index contributed by atoms with van der Waals surface area (Å²) >= 11 is 0. The Bertz CT molecular complexity index is 604. The zero-order valence-electron chi connectivity index (χ0n) is 11.3. The molecule has 1 atom stereocenters. The van der Waals surface area contributed by atoms with Gasteiger partial charge in [-0.3, -0.25) is 14.9 Å². The summed E-state index contributed by atoms with van der Waals surface area (Å²) < 4.78 is 18.0. The molecule has 1 amide bonds. The Hall–Kier alpha value is -2.97. The van der Waals surface area contributed by atoms with Gasteiger partial charge in [-0.15, -0.1) is 0 Å². The second-order valence-corrected chi connectivity index (χ2v) is 4.15. The van der Waals surface area contributed by atoms with E-state index in [9.17, 15) is 24.1 Å². The van der Waals surface area contributed by atoms with Crippen LogP contribution in [0.5, 0.6) is 0 Å². The standard InChI is InChI=1S/C13H13FN2O6/c1-2-5-22-13(19)15-10(7-12(17)18)8-3-4-9(14)11(6-8)16(20)21/h2-4,6,10H,1,5,7H2,(H,15,19)(H,17,18). The molecule has 0 spiro atoms. The highest BCUT2D eigenvalue weighted by Gasteiger charge is 2.23. The Morgan fingerprint density at radius 1 is 1.55 bits per heavy atom. The predicted octanol–water partition coefficient (Wildman–Crippen LogP) is 2.16. The molecule has 0 saturated heterocycles. The molecule has 8 nitrogen and oxygen atoms in total. The van der Waals surface area contributed by atoms with Crippen LogP contribution in [0.15, 0.2) is 30.9 Å². The van der Waals surface area contributed by atoms with E-state index < -0.39 is 41.0 Å². The number of halogens is 1. The highest BCUT2D eigenvalue weighted by atomic mass is 19.1. The molecule has 0 bridgehead atoms. The van der Waals surface area contributed by atoms with Crippen molar-refractivity contribution in [2.75, 3.05) is 6.61 Å². The van der Waals surface area contributed by atoms with Gasteiger partial charge in [0.15, 0.2) is 0 Å². The van der Waals surface area contributed by atoms with Crippen molar-refractivity contribution < 1.29 is 28.7 Å². The normalized spacial score (nSPS) is 11.3. The summed E-state index contributed by atoms with van der Waals surface area (Å²) in [6, 6.07) is 1.76. The number of carbonyl (C=O) groups is 2. The van der Waals surface area contributed by atoms with Crippen molar-refractivity contribution in [1.82, 2.24) is 5.32 Å². The number of nitrogens with one attached hydrogen (secondary N) is 1. The summed E-state index contributed by atoms with van der Waals surface area (Å²) in [7, 11) is 0. The second kappa shape index (κ2) is 7.72. The zero-order valence-corrected chi connectivity index (χ0v) is 11.3. The monoisotopic (exact) mass is 312 g/mol. The Labute approximate surface area is 124 Å². The van der Waals surface area contributed by atoms with Crippen LogP contribution >= 0.6 is 0 Å². The lowest BCUT2D eigenvalue weighted by Gasteiger charge is -2.17. The van der Waals surface area contributed by atoms with Crippen molar-refractivity contribution in [3.8, 4) is 0 Å². The van der Waals surface area contributed by atoms with Crippen LogP contribution in [0.1, 0.15) is 18.0 Å². The average Bonchev–Trinajstić information content (AvgIpc) is 2.44. The maximum absolute atomic E-state index is 13.3. The number of carboxylic acid groups (broad SMARTS) is 1. The molecule has 1 unspecified atom stereocenters. The minimum absolute atomic E-state index is 0.0750. The van der Waals surface area contributed by atoms with Gasteiger partial charge in [0.25, 0.3) is 0 Å². The van der Waals surface area contributed by atoms with Crippen LogP contribution in [0.25, 0.3) is 0 Å².